The van der Waals surface area contributed by atoms with Crippen LogP contribution in [0.5, 0.6) is 0 Å². The summed E-state index contributed by atoms with van der Waals surface area (Å²) in [6.45, 7) is 1.57. The van der Waals surface area contributed by atoms with Gasteiger partial charge < -0.3 is 10.0 Å². The zero-order chi connectivity index (χ0) is 11.8. The molecule has 17 heavy (non-hydrogen) atoms. The first-order chi connectivity index (χ1) is 8.22. The summed E-state index contributed by atoms with van der Waals surface area (Å²) in [6.07, 6.45) is 0.619. The Morgan fingerprint density at radius 3 is 2.88 bits per heavy atom. The van der Waals surface area contributed by atoms with E-state index in [2.05, 4.69) is 37.9 Å². The number of hydrogen-bond acceptors (Lipinski definition) is 3. The molecule has 3 nitrogen and oxygen atoms in total. The normalized spacial score (nSPS) is 20.1. The van der Waals surface area contributed by atoms with Crippen molar-refractivity contribution in [2.75, 3.05) is 18.0 Å². The second-order valence-corrected chi connectivity index (χ2v) is 5.31. The first kappa shape index (κ1) is 11.0. The fourth-order valence-corrected chi connectivity index (χ4v) is 2.55. The van der Waals surface area contributed by atoms with Crippen molar-refractivity contribution in [2.24, 2.45) is 0 Å². The molecule has 2 heterocycles. The van der Waals surface area contributed by atoms with Crippen molar-refractivity contribution in [2.45, 2.75) is 12.5 Å². The number of β-amino-alcohol motifs (C(OH)–C–C–N with tert-alkyl or cyclic N) is 1. The molecule has 2 aromatic rings. The quantitative estimate of drug-likeness (QED) is 0.878. The molecule has 1 fully saturated rings. The third-order valence-corrected chi connectivity index (χ3v) is 3.62. The van der Waals surface area contributed by atoms with Gasteiger partial charge in [-0.05, 0) is 30.7 Å². The van der Waals surface area contributed by atoms with Crippen molar-refractivity contribution >= 4 is 32.7 Å². The molecule has 0 spiro atoms. The van der Waals surface area contributed by atoms with Gasteiger partial charge in [0.05, 0.1) is 11.6 Å². The van der Waals surface area contributed by atoms with Gasteiger partial charge >= 0.3 is 0 Å². The maximum Gasteiger partial charge on any atom is 0.129 e. The number of pyridine rings is 1. The van der Waals surface area contributed by atoms with Crippen LogP contribution in [0.25, 0.3) is 10.9 Å². The molecule has 0 amide bonds. The predicted molar refractivity (Wildman–Crippen MR) is 72.3 cm³/mol. The van der Waals surface area contributed by atoms with Gasteiger partial charge in [0.25, 0.3) is 0 Å². The van der Waals surface area contributed by atoms with Crippen LogP contribution in [0.1, 0.15) is 6.42 Å². The summed E-state index contributed by atoms with van der Waals surface area (Å²) in [5, 5.41) is 10.7. The standard InChI is InChI=1S/C13H13BrN2O/c14-10-3-1-9-2-4-13(15-12(9)7-10)16-6-5-11(17)8-16/h1-4,7,11,17H,5-6,8H2. The van der Waals surface area contributed by atoms with Gasteiger partial charge in [0.1, 0.15) is 5.82 Å². The Morgan fingerprint density at radius 2 is 2.12 bits per heavy atom. The van der Waals surface area contributed by atoms with E-state index in [4.69, 9.17) is 0 Å². The number of aliphatic hydroxyl groups excluding tert-OH is 1. The van der Waals surface area contributed by atoms with Crippen molar-refractivity contribution < 1.29 is 5.11 Å². The molecule has 1 saturated heterocycles. The minimum absolute atomic E-state index is 0.213. The van der Waals surface area contributed by atoms with Crippen molar-refractivity contribution in [1.29, 1.82) is 0 Å². The van der Waals surface area contributed by atoms with Crippen LogP contribution in [0.4, 0.5) is 5.82 Å². The van der Waals surface area contributed by atoms with Crippen LogP contribution in [0.15, 0.2) is 34.8 Å². The lowest BCUT2D eigenvalue weighted by Crippen LogP contribution is -2.22. The third-order valence-electron chi connectivity index (χ3n) is 3.13. The van der Waals surface area contributed by atoms with E-state index in [1.165, 1.54) is 0 Å². The Hall–Kier alpha value is -1.13. The number of aromatic nitrogens is 1. The van der Waals surface area contributed by atoms with Gasteiger partial charge in [-0.25, -0.2) is 4.98 Å². The number of rotatable bonds is 1. The number of nitrogens with zero attached hydrogens (tertiary/aromatic N) is 2. The maximum absolute atomic E-state index is 9.54. The van der Waals surface area contributed by atoms with Gasteiger partial charge in [0.15, 0.2) is 0 Å². The molecule has 0 radical (unpaired) electrons. The van der Waals surface area contributed by atoms with Crippen molar-refractivity contribution in [3.8, 4) is 0 Å². The Kier molecular flexibility index (Phi) is 2.76. The van der Waals surface area contributed by atoms with E-state index in [9.17, 15) is 5.11 Å². The first-order valence-corrected chi connectivity index (χ1v) is 6.51. The summed E-state index contributed by atoms with van der Waals surface area (Å²) in [5.74, 6) is 0.951. The SMILES string of the molecule is OC1CCN(c2ccc3ccc(Br)cc3n2)C1. The minimum Gasteiger partial charge on any atom is -0.391 e. The number of fused-ring (bicyclic) bond motifs is 1. The van der Waals surface area contributed by atoms with E-state index in [0.29, 0.717) is 6.54 Å². The molecule has 1 unspecified atom stereocenters. The number of hydrogen-bond donors (Lipinski definition) is 1. The van der Waals surface area contributed by atoms with Crippen LogP contribution in [0.2, 0.25) is 0 Å². The monoisotopic (exact) mass is 292 g/mol. The lowest BCUT2D eigenvalue weighted by atomic mass is 10.2. The summed E-state index contributed by atoms with van der Waals surface area (Å²) in [4.78, 5) is 6.77. The van der Waals surface area contributed by atoms with Gasteiger partial charge in [-0.3, -0.25) is 0 Å². The molecule has 1 aliphatic rings. The molecule has 0 saturated carbocycles. The topological polar surface area (TPSA) is 36.4 Å². The zero-order valence-electron chi connectivity index (χ0n) is 9.31. The van der Waals surface area contributed by atoms with Gasteiger partial charge in [0.2, 0.25) is 0 Å². The van der Waals surface area contributed by atoms with E-state index in [0.717, 1.165) is 34.2 Å². The highest BCUT2D eigenvalue weighted by molar-refractivity contribution is 9.10. The zero-order valence-corrected chi connectivity index (χ0v) is 10.9. The lowest BCUT2D eigenvalue weighted by molar-refractivity contribution is 0.198. The largest absolute Gasteiger partial charge is 0.391 e. The molecule has 0 bridgehead atoms. The Bertz CT molecular complexity index is 558. The lowest BCUT2D eigenvalue weighted by Gasteiger charge is -2.16. The van der Waals surface area contributed by atoms with Crippen LogP contribution in [0, 0.1) is 0 Å². The van der Waals surface area contributed by atoms with E-state index in [1.54, 1.807) is 0 Å². The van der Waals surface area contributed by atoms with Crippen LogP contribution >= 0.6 is 15.9 Å². The Labute approximate surface area is 108 Å². The summed E-state index contributed by atoms with van der Waals surface area (Å²) < 4.78 is 1.04. The number of halogens is 1. The average molecular weight is 293 g/mol. The predicted octanol–water partition coefficient (Wildman–Crippen LogP) is 2.57. The average Bonchev–Trinajstić information content (AvgIpc) is 2.75. The Balaban J connectivity index is 2.01. The van der Waals surface area contributed by atoms with Crippen molar-refractivity contribution in [1.82, 2.24) is 4.98 Å². The Morgan fingerprint density at radius 1 is 1.29 bits per heavy atom. The van der Waals surface area contributed by atoms with Gasteiger partial charge in [-0.1, -0.05) is 22.0 Å². The van der Waals surface area contributed by atoms with E-state index in [1.807, 2.05) is 18.2 Å². The van der Waals surface area contributed by atoms with Crippen LogP contribution in [-0.4, -0.2) is 29.3 Å². The maximum atomic E-state index is 9.54. The second-order valence-electron chi connectivity index (χ2n) is 4.39. The highest BCUT2D eigenvalue weighted by Crippen LogP contribution is 2.23. The fraction of sp³-hybridized carbons (Fsp3) is 0.308. The fourth-order valence-electron chi connectivity index (χ4n) is 2.21. The highest BCUT2D eigenvalue weighted by atomic mass is 79.9. The van der Waals surface area contributed by atoms with Crippen LogP contribution in [-0.2, 0) is 0 Å². The third kappa shape index (κ3) is 2.15. The minimum atomic E-state index is -0.213. The molecule has 1 aliphatic heterocycles. The molecule has 4 heteroatoms. The molecule has 1 aromatic heterocycles. The summed E-state index contributed by atoms with van der Waals surface area (Å²) >= 11 is 3.46. The van der Waals surface area contributed by atoms with Gasteiger partial charge in [0, 0.05) is 22.9 Å². The second kappa shape index (κ2) is 4.27. The van der Waals surface area contributed by atoms with Crippen molar-refractivity contribution in [3.63, 3.8) is 0 Å². The molecular weight excluding hydrogens is 280 g/mol. The van der Waals surface area contributed by atoms with Crippen LogP contribution in [0.3, 0.4) is 0 Å². The summed E-state index contributed by atoms with van der Waals surface area (Å²) in [5.41, 5.74) is 0.985. The van der Waals surface area contributed by atoms with E-state index < -0.39 is 0 Å². The summed E-state index contributed by atoms with van der Waals surface area (Å²) in [6, 6.07) is 10.2. The highest BCUT2D eigenvalue weighted by Gasteiger charge is 2.21. The molecule has 0 aliphatic carbocycles. The number of anilines is 1. The summed E-state index contributed by atoms with van der Waals surface area (Å²) in [7, 11) is 0. The van der Waals surface area contributed by atoms with E-state index in [-0.39, 0.29) is 6.10 Å². The molecular formula is C13H13BrN2O. The molecule has 1 aromatic carbocycles. The molecule has 3 rings (SSSR count). The first-order valence-electron chi connectivity index (χ1n) is 5.72. The number of aliphatic hydroxyl groups is 1. The van der Waals surface area contributed by atoms with Crippen LogP contribution < -0.4 is 4.90 Å². The van der Waals surface area contributed by atoms with Gasteiger partial charge in [-0.2, -0.15) is 0 Å². The smallest absolute Gasteiger partial charge is 0.129 e. The van der Waals surface area contributed by atoms with Crippen molar-refractivity contribution in [3.05, 3.63) is 34.8 Å². The molecule has 88 valence electrons. The van der Waals surface area contributed by atoms with Gasteiger partial charge in [-0.15, -0.1) is 0 Å². The molecule has 1 atom stereocenters. The number of benzene rings is 1. The molecule has 1 N–H and O–H groups in total. The van der Waals surface area contributed by atoms with E-state index >= 15 is 0 Å².